The summed E-state index contributed by atoms with van der Waals surface area (Å²) in [5.74, 6) is 0.756. The van der Waals surface area contributed by atoms with Crippen molar-refractivity contribution in [2.24, 2.45) is 5.92 Å². The summed E-state index contributed by atoms with van der Waals surface area (Å²) in [6, 6.07) is 0.653. The van der Waals surface area contributed by atoms with E-state index in [4.69, 9.17) is 4.74 Å². The molecule has 4 nitrogen and oxygen atoms in total. The molecule has 120 valence electrons. The van der Waals surface area contributed by atoms with Crippen LogP contribution in [0.2, 0.25) is 0 Å². The van der Waals surface area contributed by atoms with E-state index in [1.807, 2.05) is 27.7 Å². The van der Waals surface area contributed by atoms with Crippen molar-refractivity contribution in [3.63, 3.8) is 0 Å². The number of carbonyl (C=O) groups is 1. The van der Waals surface area contributed by atoms with Crippen LogP contribution in [0.4, 0.5) is 4.79 Å². The predicted molar refractivity (Wildman–Crippen MR) is 85.0 cm³/mol. The topological polar surface area (TPSA) is 50.4 Å². The van der Waals surface area contributed by atoms with Gasteiger partial charge >= 0.3 is 6.09 Å². The summed E-state index contributed by atoms with van der Waals surface area (Å²) in [6.45, 7) is 15.2. The van der Waals surface area contributed by atoms with Gasteiger partial charge in [-0.25, -0.2) is 4.79 Å². The number of rotatable bonds is 8. The van der Waals surface area contributed by atoms with Crippen LogP contribution in [0, 0.1) is 5.92 Å². The summed E-state index contributed by atoms with van der Waals surface area (Å²) in [5.41, 5.74) is -0.437. The van der Waals surface area contributed by atoms with E-state index in [9.17, 15) is 4.79 Å². The molecule has 0 rings (SSSR count). The van der Waals surface area contributed by atoms with Gasteiger partial charge in [0.1, 0.15) is 5.60 Å². The Morgan fingerprint density at radius 1 is 1.00 bits per heavy atom. The van der Waals surface area contributed by atoms with E-state index >= 15 is 0 Å². The second-order valence-corrected chi connectivity index (χ2v) is 7.16. The zero-order valence-corrected chi connectivity index (χ0v) is 14.4. The molecule has 0 aliphatic rings. The monoisotopic (exact) mass is 286 g/mol. The third-order valence-corrected chi connectivity index (χ3v) is 3.01. The molecule has 0 saturated carbocycles. The number of hydrogen-bond donors (Lipinski definition) is 2. The van der Waals surface area contributed by atoms with Crippen molar-refractivity contribution in [1.29, 1.82) is 0 Å². The van der Waals surface area contributed by atoms with E-state index in [0.29, 0.717) is 6.04 Å². The molecule has 0 fully saturated rings. The molecule has 0 spiro atoms. The van der Waals surface area contributed by atoms with Crippen LogP contribution >= 0.6 is 0 Å². The van der Waals surface area contributed by atoms with E-state index in [-0.39, 0.29) is 12.1 Å². The van der Waals surface area contributed by atoms with Crippen molar-refractivity contribution in [3.8, 4) is 0 Å². The van der Waals surface area contributed by atoms with Crippen LogP contribution in [-0.4, -0.2) is 30.3 Å². The summed E-state index contributed by atoms with van der Waals surface area (Å²) < 4.78 is 5.23. The van der Waals surface area contributed by atoms with Crippen LogP contribution in [0.5, 0.6) is 0 Å². The molecular weight excluding hydrogens is 252 g/mol. The Hall–Kier alpha value is -0.770. The Morgan fingerprint density at radius 3 is 2.10 bits per heavy atom. The molecule has 2 atom stereocenters. The Morgan fingerprint density at radius 2 is 1.60 bits per heavy atom. The quantitative estimate of drug-likeness (QED) is 0.715. The average Bonchev–Trinajstić information content (AvgIpc) is 2.23. The SMILES string of the molecule is CC(C)CCC(C)NCCC(C)NC(=O)OC(C)(C)C. The van der Waals surface area contributed by atoms with E-state index < -0.39 is 5.60 Å². The van der Waals surface area contributed by atoms with E-state index in [1.54, 1.807) is 0 Å². The number of nitrogens with one attached hydrogen (secondary N) is 2. The Bertz CT molecular complexity index is 272. The van der Waals surface area contributed by atoms with Gasteiger partial charge in [0.25, 0.3) is 0 Å². The maximum absolute atomic E-state index is 11.6. The second-order valence-electron chi connectivity index (χ2n) is 7.16. The molecule has 0 aliphatic heterocycles. The van der Waals surface area contributed by atoms with Gasteiger partial charge in [-0.05, 0) is 66.3 Å². The molecule has 0 aromatic rings. The van der Waals surface area contributed by atoms with E-state index in [0.717, 1.165) is 18.9 Å². The van der Waals surface area contributed by atoms with Gasteiger partial charge in [-0.3, -0.25) is 0 Å². The Balaban J connectivity index is 3.72. The number of hydrogen-bond acceptors (Lipinski definition) is 3. The van der Waals surface area contributed by atoms with Crippen LogP contribution in [0.1, 0.15) is 67.7 Å². The molecule has 0 aromatic carbocycles. The first-order valence-corrected chi connectivity index (χ1v) is 7.83. The molecule has 2 N–H and O–H groups in total. The van der Waals surface area contributed by atoms with Crippen LogP contribution in [-0.2, 0) is 4.74 Å². The third-order valence-electron chi connectivity index (χ3n) is 3.01. The zero-order chi connectivity index (χ0) is 15.8. The first-order chi connectivity index (χ1) is 9.10. The fourth-order valence-corrected chi connectivity index (χ4v) is 1.81. The van der Waals surface area contributed by atoms with E-state index in [1.165, 1.54) is 12.8 Å². The van der Waals surface area contributed by atoms with Gasteiger partial charge in [-0.1, -0.05) is 13.8 Å². The summed E-state index contributed by atoms with van der Waals surface area (Å²) in [4.78, 5) is 11.6. The maximum atomic E-state index is 11.6. The molecule has 1 amide bonds. The predicted octanol–water partition coefficient (Wildman–Crippen LogP) is 3.70. The lowest BCUT2D eigenvalue weighted by Gasteiger charge is -2.22. The highest BCUT2D eigenvalue weighted by atomic mass is 16.6. The van der Waals surface area contributed by atoms with Crippen molar-refractivity contribution < 1.29 is 9.53 Å². The summed E-state index contributed by atoms with van der Waals surface area (Å²) in [6.07, 6.45) is 3.02. The highest BCUT2D eigenvalue weighted by Crippen LogP contribution is 2.08. The van der Waals surface area contributed by atoms with Crippen LogP contribution < -0.4 is 10.6 Å². The van der Waals surface area contributed by atoms with Gasteiger partial charge in [-0.15, -0.1) is 0 Å². The molecule has 20 heavy (non-hydrogen) atoms. The molecule has 4 heteroatoms. The standard InChI is InChI=1S/C16H34N2O2/c1-12(2)8-9-13(3)17-11-10-14(4)18-15(19)20-16(5,6)7/h12-14,17H,8-11H2,1-7H3,(H,18,19). The first-order valence-electron chi connectivity index (χ1n) is 7.83. The largest absolute Gasteiger partial charge is 0.444 e. The van der Waals surface area contributed by atoms with Gasteiger partial charge in [0.15, 0.2) is 0 Å². The van der Waals surface area contributed by atoms with Crippen LogP contribution in [0.25, 0.3) is 0 Å². The summed E-state index contributed by atoms with van der Waals surface area (Å²) >= 11 is 0. The number of ether oxygens (including phenoxy) is 1. The maximum Gasteiger partial charge on any atom is 0.407 e. The fraction of sp³-hybridized carbons (Fsp3) is 0.938. The third kappa shape index (κ3) is 12.3. The molecule has 0 radical (unpaired) electrons. The zero-order valence-electron chi connectivity index (χ0n) is 14.4. The first kappa shape index (κ1) is 19.2. The molecule has 0 aromatic heterocycles. The van der Waals surface area contributed by atoms with Gasteiger partial charge in [0.05, 0.1) is 0 Å². The molecule has 0 saturated heterocycles. The number of alkyl carbamates (subject to hydrolysis) is 1. The van der Waals surface area contributed by atoms with Gasteiger partial charge < -0.3 is 15.4 Å². The minimum absolute atomic E-state index is 0.120. The lowest BCUT2D eigenvalue weighted by Crippen LogP contribution is -2.39. The smallest absolute Gasteiger partial charge is 0.407 e. The van der Waals surface area contributed by atoms with Crippen LogP contribution in [0.15, 0.2) is 0 Å². The highest BCUT2D eigenvalue weighted by molar-refractivity contribution is 5.67. The van der Waals surface area contributed by atoms with Crippen molar-refractivity contribution in [3.05, 3.63) is 0 Å². The molecule has 0 bridgehead atoms. The Labute approximate surface area is 125 Å². The summed E-state index contributed by atoms with van der Waals surface area (Å²) in [7, 11) is 0. The van der Waals surface area contributed by atoms with E-state index in [2.05, 4.69) is 31.4 Å². The fourth-order valence-electron chi connectivity index (χ4n) is 1.81. The molecule has 0 heterocycles. The lowest BCUT2D eigenvalue weighted by molar-refractivity contribution is 0.0506. The average molecular weight is 286 g/mol. The molecular formula is C16H34N2O2. The minimum atomic E-state index is -0.437. The lowest BCUT2D eigenvalue weighted by atomic mass is 10.0. The van der Waals surface area contributed by atoms with Crippen LogP contribution in [0.3, 0.4) is 0 Å². The molecule has 0 aliphatic carbocycles. The second kappa shape index (κ2) is 9.22. The Kier molecular flexibility index (Phi) is 8.86. The van der Waals surface area contributed by atoms with Gasteiger partial charge in [-0.2, -0.15) is 0 Å². The van der Waals surface area contributed by atoms with Crippen molar-refractivity contribution in [2.75, 3.05) is 6.54 Å². The van der Waals surface area contributed by atoms with Gasteiger partial charge in [0, 0.05) is 12.1 Å². The highest BCUT2D eigenvalue weighted by Gasteiger charge is 2.17. The van der Waals surface area contributed by atoms with Gasteiger partial charge in [0.2, 0.25) is 0 Å². The van der Waals surface area contributed by atoms with Crippen molar-refractivity contribution >= 4 is 6.09 Å². The summed E-state index contributed by atoms with van der Waals surface area (Å²) in [5, 5.41) is 6.36. The normalized spacial score (nSPS) is 15.0. The number of carbonyl (C=O) groups excluding carboxylic acids is 1. The molecule has 2 unspecified atom stereocenters. The number of amides is 1. The van der Waals surface area contributed by atoms with Crippen molar-refractivity contribution in [1.82, 2.24) is 10.6 Å². The minimum Gasteiger partial charge on any atom is -0.444 e. The van der Waals surface area contributed by atoms with Crippen molar-refractivity contribution in [2.45, 2.75) is 85.4 Å².